The van der Waals surface area contributed by atoms with E-state index in [0.29, 0.717) is 35.6 Å². The molecule has 2 aliphatic carbocycles. The number of imidazole rings is 1. The lowest BCUT2D eigenvalue weighted by Gasteiger charge is -2.38. The molecule has 1 saturated carbocycles. The van der Waals surface area contributed by atoms with Crippen molar-refractivity contribution in [3.63, 3.8) is 0 Å². The van der Waals surface area contributed by atoms with Crippen molar-refractivity contribution >= 4 is 28.3 Å². The van der Waals surface area contributed by atoms with Crippen LogP contribution in [-0.2, 0) is 11.2 Å². The second kappa shape index (κ2) is 6.99. The van der Waals surface area contributed by atoms with E-state index in [0.717, 1.165) is 17.9 Å². The van der Waals surface area contributed by atoms with Crippen LogP contribution in [0.3, 0.4) is 0 Å². The van der Waals surface area contributed by atoms with Crippen molar-refractivity contribution in [3.05, 3.63) is 70.9 Å². The van der Waals surface area contributed by atoms with E-state index in [-0.39, 0.29) is 29.4 Å². The molecular formula is C26H24FN5O2. The number of carbonyl (C=O) groups excluding carboxylic acids is 1. The van der Waals surface area contributed by atoms with Gasteiger partial charge in [0.25, 0.3) is 5.91 Å². The Morgan fingerprint density at radius 2 is 2.09 bits per heavy atom. The molecule has 1 unspecified atom stereocenters. The van der Waals surface area contributed by atoms with Crippen LogP contribution in [0.15, 0.2) is 42.9 Å². The topological polar surface area (TPSA) is 85.8 Å². The summed E-state index contributed by atoms with van der Waals surface area (Å²) in [4.78, 5) is 24.0. The number of rotatable bonds is 2. The number of halogens is 1. The molecule has 8 heteroatoms. The SMILES string of the molecule is C[C@@H]1CC1c1ccc2c(c1)C[C@H]1OCCN(C(=O)c3cc4c(cc3F)nc(N)c3cncn34)[C@@H]21. The highest BCUT2D eigenvalue weighted by Gasteiger charge is 2.44. The molecule has 0 bridgehead atoms. The predicted octanol–water partition coefficient (Wildman–Crippen LogP) is 3.87. The van der Waals surface area contributed by atoms with E-state index >= 15 is 4.39 Å². The van der Waals surface area contributed by atoms with Crippen molar-refractivity contribution in [2.24, 2.45) is 5.92 Å². The Labute approximate surface area is 195 Å². The third kappa shape index (κ3) is 2.81. The molecular weight excluding hydrogens is 433 g/mol. The number of carbonyl (C=O) groups is 1. The molecule has 4 atom stereocenters. The van der Waals surface area contributed by atoms with Crippen molar-refractivity contribution in [1.82, 2.24) is 19.3 Å². The predicted molar refractivity (Wildman–Crippen MR) is 125 cm³/mol. The molecule has 2 aromatic heterocycles. The minimum Gasteiger partial charge on any atom is -0.382 e. The number of hydrogen-bond acceptors (Lipinski definition) is 5. The van der Waals surface area contributed by atoms with Crippen molar-refractivity contribution in [1.29, 1.82) is 0 Å². The molecule has 3 heterocycles. The molecule has 0 spiro atoms. The zero-order valence-corrected chi connectivity index (χ0v) is 18.7. The van der Waals surface area contributed by atoms with Crippen LogP contribution in [0.1, 0.15) is 52.4 Å². The van der Waals surface area contributed by atoms with E-state index in [1.54, 1.807) is 27.9 Å². The number of anilines is 1. The molecule has 2 N–H and O–H groups in total. The zero-order chi connectivity index (χ0) is 23.1. The second-order valence-electron chi connectivity index (χ2n) is 9.80. The minimum atomic E-state index is -0.608. The average Bonchev–Trinajstić information content (AvgIpc) is 3.21. The molecule has 172 valence electrons. The fourth-order valence-electron chi connectivity index (χ4n) is 5.84. The largest absolute Gasteiger partial charge is 0.382 e. The molecule has 1 saturated heterocycles. The van der Waals surface area contributed by atoms with Crippen LogP contribution < -0.4 is 5.73 Å². The lowest BCUT2D eigenvalue weighted by atomic mass is 9.99. The van der Waals surface area contributed by atoms with E-state index in [1.165, 1.54) is 23.6 Å². The Bertz CT molecular complexity index is 1500. The smallest absolute Gasteiger partial charge is 0.257 e. The molecule has 0 radical (unpaired) electrons. The van der Waals surface area contributed by atoms with Gasteiger partial charge >= 0.3 is 0 Å². The molecule has 2 fully saturated rings. The maximum absolute atomic E-state index is 15.2. The van der Waals surface area contributed by atoms with Gasteiger partial charge in [-0.05, 0) is 41.0 Å². The number of ether oxygens (including phenoxy) is 1. The van der Waals surface area contributed by atoms with E-state index < -0.39 is 5.82 Å². The number of nitrogens with zero attached hydrogens (tertiary/aromatic N) is 4. The van der Waals surface area contributed by atoms with E-state index in [9.17, 15) is 4.79 Å². The molecule has 4 aromatic rings. The van der Waals surface area contributed by atoms with Crippen molar-refractivity contribution in [3.8, 4) is 0 Å². The number of hydrogen-bond donors (Lipinski definition) is 1. The maximum atomic E-state index is 15.2. The third-order valence-electron chi connectivity index (χ3n) is 7.75. The van der Waals surface area contributed by atoms with Crippen LogP contribution in [0, 0.1) is 11.7 Å². The van der Waals surface area contributed by atoms with Gasteiger partial charge in [-0.25, -0.2) is 14.4 Å². The normalized spacial score (nSPS) is 25.5. The number of aromatic nitrogens is 3. The Kier molecular flexibility index (Phi) is 4.09. The lowest BCUT2D eigenvalue weighted by molar-refractivity contribution is -0.0517. The molecule has 7 rings (SSSR count). The van der Waals surface area contributed by atoms with Gasteiger partial charge in [-0.15, -0.1) is 0 Å². The molecule has 1 amide bonds. The molecule has 34 heavy (non-hydrogen) atoms. The van der Waals surface area contributed by atoms with Gasteiger partial charge in [0.05, 0.1) is 47.9 Å². The van der Waals surface area contributed by atoms with Gasteiger partial charge in [0.2, 0.25) is 0 Å². The fraction of sp³-hybridized carbons (Fsp3) is 0.346. The van der Waals surface area contributed by atoms with Crippen molar-refractivity contribution < 1.29 is 13.9 Å². The van der Waals surface area contributed by atoms with Crippen LogP contribution in [0.4, 0.5) is 10.2 Å². The minimum absolute atomic E-state index is 0.0200. The first kappa shape index (κ1) is 19.9. The monoisotopic (exact) mass is 457 g/mol. The second-order valence-corrected chi connectivity index (χ2v) is 9.80. The summed E-state index contributed by atoms with van der Waals surface area (Å²) >= 11 is 0. The van der Waals surface area contributed by atoms with Crippen LogP contribution in [0.25, 0.3) is 16.6 Å². The van der Waals surface area contributed by atoms with Crippen molar-refractivity contribution in [2.75, 3.05) is 18.9 Å². The highest BCUT2D eigenvalue weighted by Crippen LogP contribution is 2.49. The van der Waals surface area contributed by atoms with E-state index in [4.69, 9.17) is 10.5 Å². The summed E-state index contributed by atoms with van der Waals surface area (Å²) in [6.45, 7) is 3.13. The summed E-state index contributed by atoms with van der Waals surface area (Å²) in [5.74, 6) is 0.695. The third-order valence-corrected chi connectivity index (χ3v) is 7.75. The quantitative estimate of drug-likeness (QED) is 0.494. The van der Waals surface area contributed by atoms with Gasteiger partial charge in [-0.3, -0.25) is 9.20 Å². The highest BCUT2D eigenvalue weighted by molar-refractivity contribution is 5.99. The lowest BCUT2D eigenvalue weighted by Crippen LogP contribution is -2.46. The van der Waals surface area contributed by atoms with Gasteiger partial charge in [0.15, 0.2) is 0 Å². The standard InChI is InChI=1S/C26H24FN5O2/c1-13-6-17(13)14-2-3-16-15(7-14)8-23-24(16)31(4-5-34-23)26(33)18-9-21-20(10-19(18)27)30-25(28)22-11-29-12-32(21)22/h2-3,7,9-13,17,23-24H,4-6,8H2,1H3,(H2,28,30)/t13-,17?,23-,24+/m1/s1. The zero-order valence-electron chi connectivity index (χ0n) is 18.7. The number of benzene rings is 2. The van der Waals surface area contributed by atoms with Gasteiger partial charge in [-0.1, -0.05) is 25.1 Å². The average molecular weight is 458 g/mol. The van der Waals surface area contributed by atoms with Crippen LogP contribution in [0.5, 0.6) is 0 Å². The fourth-order valence-corrected chi connectivity index (χ4v) is 5.84. The summed E-state index contributed by atoms with van der Waals surface area (Å²) < 4.78 is 23.0. The number of nitrogen functional groups attached to an aromatic ring is 1. The molecule has 1 aliphatic heterocycles. The first-order valence-corrected chi connectivity index (χ1v) is 11.8. The summed E-state index contributed by atoms with van der Waals surface area (Å²) in [5.41, 5.74) is 11.3. The molecule has 2 aromatic carbocycles. The van der Waals surface area contributed by atoms with Gasteiger partial charge in [-0.2, -0.15) is 0 Å². The Balaban J connectivity index is 1.29. The number of nitrogens with two attached hydrogens (primary N) is 1. The van der Waals surface area contributed by atoms with Gasteiger partial charge in [0.1, 0.15) is 17.2 Å². The van der Waals surface area contributed by atoms with Gasteiger partial charge < -0.3 is 15.4 Å². The van der Waals surface area contributed by atoms with E-state index in [1.807, 2.05) is 0 Å². The number of fused-ring (bicyclic) bond motifs is 6. The molecule has 7 nitrogen and oxygen atoms in total. The summed E-state index contributed by atoms with van der Waals surface area (Å²) in [6, 6.07) is 9.25. The summed E-state index contributed by atoms with van der Waals surface area (Å²) in [6.07, 6.45) is 5.10. The Hall–Kier alpha value is -3.52. The van der Waals surface area contributed by atoms with Gasteiger partial charge in [0, 0.05) is 19.0 Å². The molecule has 3 aliphatic rings. The van der Waals surface area contributed by atoms with Crippen LogP contribution in [0.2, 0.25) is 0 Å². The first-order valence-electron chi connectivity index (χ1n) is 11.8. The maximum Gasteiger partial charge on any atom is 0.257 e. The summed E-state index contributed by atoms with van der Waals surface area (Å²) in [7, 11) is 0. The Morgan fingerprint density at radius 1 is 1.24 bits per heavy atom. The highest BCUT2D eigenvalue weighted by atomic mass is 19.1. The summed E-state index contributed by atoms with van der Waals surface area (Å²) in [5, 5.41) is 0. The van der Waals surface area contributed by atoms with Crippen LogP contribution >= 0.6 is 0 Å². The van der Waals surface area contributed by atoms with E-state index in [2.05, 4.69) is 35.1 Å². The van der Waals surface area contributed by atoms with Crippen molar-refractivity contribution in [2.45, 2.75) is 37.8 Å². The van der Waals surface area contributed by atoms with Crippen LogP contribution in [-0.4, -0.2) is 44.4 Å². The number of morpholine rings is 1. The Morgan fingerprint density at radius 3 is 2.91 bits per heavy atom. The first-order chi connectivity index (χ1) is 16.5. The number of amides is 1.